The second-order valence-corrected chi connectivity index (χ2v) is 5.49. The first-order valence-electron chi connectivity index (χ1n) is 5.80. The molecule has 0 aliphatic carbocycles. The summed E-state index contributed by atoms with van der Waals surface area (Å²) in [4.78, 5) is 13.7. The summed E-state index contributed by atoms with van der Waals surface area (Å²) in [6.07, 6.45) is 1.69. The van der Waals surface area contributed by atoms with Crippen LogP contribution in [0.3, 0.4) is 0 Å². The average Bonchev–Trinajstić information content (AvgIpc) is 2.63. The molecule has 1 amide bonds. The van der Waals surface area contributed by atoms with Gasteiger partial charge in [0.1, 0.15) is 5.60 Å². The molecule has 1 aromatic rings. The van der Waals surface area contributed by atoms with Gasteiger partial charge >= 0.3 is 6.09 Å². The molecular formula is C12H19N3O2. The SMILES string of the molecule is CC1c2cn(C)nc2CN1C(=O)OC(C)(C)C. The Balaban J connectivity index is 2.12. The summed E-state index contributed by atoms with van der Waals surface area (Å²) in [5, 5.41) is 4.34. The highest BCUT2D eigenvalue weighted by atomic mass is 16.6. The standard InChI is InChI=1S/C12H19N3O2/c1-8-9-6-14(5)13-10(9)7-15(8)11(16)17-12(2,3)4/h6,8H,7H2,1-5H3. The van der Waals surface area contributed by atoms with Crippen LogP contribution in [0.4, 0.5) is 4.79 Å². The Morgan fingerprint density at radius 3 is 2.71 bits per heavy atom. The van der Waals surface area contributed by atoms with Gasteiger partial charge < -0.3 is 4.74 Å². The Morgan fingerprint density at radius 2 is 2.18 bits per heavy atom. The lowest BCUT2D eigenvalue weighted by Crippen LogP contribution is -2.35. The maximum absolute atomic E-state index is 12.0. The summed E-state index contributed by atoms with van der Waals surface area (Å²) >= 11 is 0. The second kappa shape index (κ2) is 3.75. The van der Waals surface area contributed by atoms with E-state index in [0.29, 0.717) is 6.54 Å². The largest absolute Gasteiger partial charge is 0.444 e. The molecule has 0 bridgehead atoms. The van der Waals surface area contributed by atoms with E-state index in [2.05, 4.69) is 5.10 Å². The molecule has 0 saturated carbocycles. The maximum atomic E-state index is 12.0. The summed E-state index contributed by atoms with van der Waals surface area (Å²) < 4.78 is 7.16. The van der Waals surface area contributed by atoms with Crippen LogP contribution in [0.15, 0.2) is 6.20 Å². The van der Waals surface area contributed by atoms with Crippen LogP contribution in [0.1, 0.15) is 45.0 Å². The van der Waals surface area contributed by atoms with Crippen molar-refractivity contribution in [2.24, 2.45) is 7.05 Å². The van der Waals surface area contributed by atoms with E-state index in [-0.39, 0.29) is 12.1 Å². The summed E-state index contributed by atoms with van der Waals surface area (Å²) in [5.41, 5.74) is 1.62. The van der Waals surface area contributed by atoms with Crippen LogP contribution in [0.5, 0.6) is 0 Å². The lowest BCUT2D eigenvalue weighted by Gasteiger charge is -2.27. The third-order valence-corrected chi connectivity index (χ3v) is 2.80. The molecule has 17 heavy (non-hydrogen) atoms. The summed E-state index contributed by atoms with van der Waals surface area (Å²) in [6.45, 7) is 8.15. The van der Waals surface area contributed by atoms with Crippen LogP contribution in [-0.4, -0.2) is 26.4 Å². The van der Waals surface area contributed by atoms with Gasteiger partial charge in [-0.1, -0.05) is 0 Å². The molecule has 1 unspecified atom stereocenters. The molecule has 0 saturated heterocycles. The minimum Gasteiger partial charge on any atom is -0.444 e. The fraction of sp³-hybridized carbons (Fsp3) is 0.667. The normalized spacial score (nSPS) is 19.4. The molecule has 0 fully saturated rings. The van der Waals surface area contributed by atoms with Gasteiger partial charge in [0.15, 0.2) is 0 Å². The van der Waals surface area contributed by atoms with Crippen molar-refractivity contribution in [1.82, 2.24) is 14.7 Å². The molecule has 0 aromatic carbocycles. The number of nitrogens with zero attached hydrogens (tertiary/aromatic N) is 3. The van der Waals surface area contributed by atoms with Gasteiger partial charge in [0.25, 0.3) is 0 Å². The Bertz CT molecular complexity index is 445. The van der Waals surface area contributed by atoms with Gasteiger partial charge in [0, 0.05) is 18.8 Å². The van der Waals surface area contributed by atoms with E-state index in [4.69, 9.17) is 4.74 Å². The monoisotopic (exact) mass is 237 g/mol. The van der Waals surface area contributed by atoms with E-state index >= 15 is 0 Å². The number of hydrogen-bond donors (Lipinski definition) is 0. The van der Waals surface area contributed by atoms with Crippen molar-refractivity contribution in [1.29, 1.82) is 0 Å². The molecule has 1 aliphatic heterocycles. The molecule has 94 valence electrons. The second-order valence-electron chi connectivity index (χ2n) is 5.49. The predicted molar refractivity (Wildman–Crippen MR) is 63.4 cm³/mol. The predicted octanol–water partition coefficient (Wildman–Crippen LogP) is 2.23. The van der Waals surface area contributed by atoms with Gasteiger partial charge in [0.05, 0.1) is 18.3 Å². The number of carbonyl (C=O) groups is 1. The topological polar surface area (TPSA) is 47.4 Å². The van der Waals surface area contributed by atoms with Crippen molar-refractivity contribution in [3.8, 4) is 0 Å². The molecular weight excluding hydrogens is 218 g/mol. The number of carbonyl (C=O) groups excluding carboxylic acids is 1. The molecule has 0 spiro atoms. The highest BCUT2D eigenvalue weighted by Gasteiger charge is 2.35. The zero-order chi connectivity index (χ0) is 12.8. The smallest absolute Gasteiger partial charge is 0.411 e. The van der Waals surface area contributed by atoms with Crippen molar-refractivity contribution in [2.75, 3.05) is 0 Å². The number of hydrogen-bond acceptors (Lipinski definition) is 3. The van der Waals surface area contributed by atoms with Gasteiger partial charge in [-0.3, -0.25) is 9.58 Å². The fourth-order valence-corrected chi connectivity index (χ4v) is 2.03. The van der Waals surface area contributed by atoms with Crippen LogP contribution in [0.2, 0.25) is 0 Å². The quantitative estimate of drug-likeness (QED) is 0.695. The molecule has 0 N–H and O–H groups in total. The van der Waals surface area contributed by atoms with Gasteiger partial charge in [-0.2, -0.15) is 5.10 Å². The molecule has 1 atom stereocenters. The molecule has 1 aromatic heterocycles. The minimum absolute atomic E-state index is 0.0357. The zero-order valence-corrected chi connectivity index (χ0v) is 11.0. The molecule has 5 heteroatoms. The van der Waals surface area contributed by atoms with Crippen molar-refractivity contribution >= 4 is 6.09 Å². The Hall–Kier alpha value is -1.52. The highest BCUT2D eigenvalue weighted by Crippen LogP contribution is 2.33. The van der Waals surface area contributed by atoms with Gasteiger partial charge in [0.2, 0.25) is 0 Å². The van der Waals surface area contributed by atoms with Gasteiger partial charge in [-0.05, 0) is 27.7 Å². The lowest BCUT2D eigenvalue weighted by molar-refractivity contribution is 0.0184. The average molecular weight is 237 g/mol. The van der Waals surface area contributed by atoms with Crippen LogP contribution < -0.4 is 0 Å². The third-order valence-electron chi connectivity index (χ3n) is 2.80. The summed E-state index contributed by atoms with van der Waals surface area (Å²) in [7, 11) is 1.89. The molecule has 1 aliphatic rings. The number of aryl methyl sites for hydroxylation is 1. The van der Waals surface area contributed by atoms with Crippen molar-refractivity contribution in [3.05, 3.63) is 17.5 Å². The van der Waals surface area contributed by atoms with Crippen LogP contribution in [0.25, 0.3) is 0 Å². The zero-order valence-electron chi connectivity index (χ0n) is 11.0. The number of ether oxygens (including phenoxy) is 1. The molecule has 2 heterocycles. The van der Waals surface area contributed by atoms with E-state index in [0.717, 1.165) is 11.3 Å². The van der Waals surface area contributed by atoms with E-state index in [1.807, 2.05) is 40.9 Å². The van der Waals surface area contributed by atoms with Crippen molar-refractivity contribution < 1.29 is 9.53 Å². The molecule has 0 radical (unpaired) electrons. The van der Waals surface area contributed by atoms with Crippen LogP contribution in [0, 0.1) is 0 Å². The maximum Gasteiger partial charge on any atom is 0.411 e. The third kappa shape index (κ3) is 2.28. The highest BCUT2D eigenvalue weighted by molar-refractivity contribution is 5.70. The van der Waals surface area contributed by atoms with E-state index in [9.17, 15) is 4.79 Å². The lowest BCUT2D eigenvalue weighted by atomic mass is 10.2. The van der Waals surface area contributed by atoms with Crippen molar-refractivity contribution in [2.45, 2.75) is 45.9 Å². The fourth-order valence-electron chi connectivity index (χ4n) is 2.03. The summed E-state index contributed by atoms with van der Waals surface area (Å²) in [6, 6.07) is 0.0357. The van der Waals surface area contributed by atoms with E-state index < -0.39 is 5.60 Å². The number of amides is 1. The van der Waals surface area contributed by atoms with E-state index in [1.165, 1.54) is 0 Å². The minimum atomic E-state index is -0.457. The number of rotatable bonds is 0. The first-order chi connectivity index (χ1) is 7.78. The Kier molecular flexibility index (Phi) is 2.64. The van der Waals surface area contributed by atoms with Crippen LogP contribution in [-0.2, 0) is 18.3 Å². The molecule has 5 nitrogen and oxygen atoms in total. The number of aromatic nitrogens is 2. The van der Waals surface area contributed by atoms with Crippen molar-refractivity contribution in [3.63, 3.8) is 0 Å². The Labute approximate surface area is 101 Å². The first-order valence-corrected chi connectivity index (χ1v) is 5.80. The van der Waals surface area contributed by atoms with E-state index in [1.54, 1.807) is 9.58 Å². The number of fused-ring (bicyclic) bond motifs is 1. The Morgan fingerprint density at radius 1 is 1.53 bits per heavy atom. The van der Waals surface area contributed by atoms with Crippen LogP contribution >= 0.6 is 0 Å². The van der Waals surface area contributed by atoms with Gasteiger partial charge in [-0.15, -0.1) is 0 Å². The molecule has 2 rings (SSSR count). The first kappa shape index (κ1) is 12.0. The summed E-state index contributed by atoms with van der Waals surface area (Å²) in [5.74, 6) is 0. The van der Waals surface area contributed by atoms with Gasteiger partial charge in [-0.25, -0.2) is 4.79 Å².